The highest BCUT2D eigenvalue weighted by atomic mass is 15.1. The molecule has 1 heterocycles. The van der Waals surface area contributed by atoms with Crippen LogP contribution in [0.5, 0.6) is 0 Å². The molecule has 1 aromatic heterocycles. The van der Waals surface area contributed by atoms with Crippen LogP contribution in [0.3, 0.4) is 0 Å². The average molecular weight is 136 g/mol. The van der Waals surface area contributed by atoms with E-state index < -0.39 is 0 Å². The van der Waals surface area contributed by atoms with E-state index in [1.54, 1.807) is 6.20 Å². The lowest BCUT2D eigenvalue weighted by molar-refractivity contribution is 1.05. The minimum atomic E-state index is 0.781. The van der Waals surface area contributed by atoms with Crippen molar-refractivity contribution in [1.29, 1.82) is 5.41 Å². The van der Waals surface area contributed by atoms with Crippen molar-refractivity contribution in [3.05, 3.63) is 11.9 Å². The molecule has 1 aromatic rings. The fraction of sp³-hybridized carbons (Fsp3) is 0.167. The first kappa shape index (κ1) is 6.67. The van der Waals surface area contributed by atoms with Crippen molar-refractivity contribution in [2.45, 2.75) is 6.92 Å². The van der Waals surface area contributed by atoms with E-state index >= 15 is 0 Å². The van der Waals surface area contributed by atoms with Crippen LogP contribution in [0, 0.1) is 12.3 Å². The maximum absolute atomic E-state index is 6.67. The molecule has 1 rings (SSSR count). The molecule has 0 aromatic carbocycles. The SMILES string of the molecule is Cc1[nH]ncc1N=CC=N. The Kier molecular flexibility index (Phi) is 1.94. The van der Waals surface area contributed by atoms with Crippen LogP contribution < -0.4 is 0 Å². The molecule has 0 aliphatic carbocycles. The lowest BCUT2D eigenvalue weighted by atomic mass is 10.4. The molecule has 2 N–H and O–H groups in total. The predicted octanol–water partition coefficient (Wildman–Crippen LogP) is 1.07. The summed E-state index contributed by atoms with van der Waals surface area (Å²) in [5.74, 6) is 0. The molecule has 0 atom stereocenters. The number of H-pyrrole nitrogens is 1. The van der Waals surface area contributed by atoms with Gasteiger partial charge in [-0.15, -0.1) is 0 Å². The van der Waals surface area contributed by atoms with E-state index in [9.17, 15) is 0 Å². The number of hydrogen-bond acceptors (Lipinski definition) is 3. The zero-order chi connectivity index (χ0) is 7.40. The van der Waals surface area contributed by atoms with Crippen molar-refractivity contribution in [2.24, 2.45) is 4.99 Å². The molecule has 52 valence electrons. The molecule has 4 heteroatoms. The highest BCUT2D eigenvalue weighted by Gasteiger charge is 1.93. The Morgan fingerprint density at radius 2 is 2.60 bits per heavy atom. The van der Waals surface area contributed by atoms with Crippen LogP contribution in [-0.4, -0.2) is 22.6 Å². The summed E-state index contributed by atoms with van der Waals surface area (Å²) in [6.45, 7) is 1.88. The highest BCUT2D eigenvalue weighted by molar-refractivity contribution is 6.15. The fourth-order valence-corrected chi connectivity index (χ4v) is 0.592. The summed E-state index contributed by atoms with van der Waals surface area (Å²) in [5.41, 5.74) is 1.70. The minimum Gasteiger partial charge on any atom is -0.307 e. The summed E-state index contributed by atoms with van der Waals surface area (Å²) < 4.78 is 0. The third kappa shape index (κ3) is 1.28. The van der Waals surface area contributed by atoms with Crippen LogP contribution in [0.4, 0.5) is 5.69 Å². The maximum atomic E-state index is 6.67. The largest absolute Gasteiger partial charge is 0.307 e. The van der Waals surface area contributed by atoms with Gasteiger partial charge in [-0.1, -0.05) is 0 Å². The molecule has 0 spiro atoms. The van der Waals surface area contributed by atoms with Crippen LogP contribution in [-0.2, 0) is 0 Å². The first-order valence-corrected chi connectivity index (χ1v) is 2.87. The fourth-order valence-electron chi connectivity index (χ4n) is 0.592. The Balaban J connectivity index is 2.83. The first-order valence-electron chi connectivity index (χ1n) is 2.87. The summed E-state index contributed by atoms with van der Waals surface area (Å²) in [6.07, 6.45) is 4.17. The molecular weight excluding hydrogens is 128 g/mol. The molecule has 0 fully saturated rings. The van der Waals surface area contributed by atoms with Gasteiger partial charge in [-0.05, 0) is 6.92 Å². The average Bonchev–Trinajstić information content (AvgIpc) is 2.31. The third-order valence-corrected chi connectivity index (χ3v) is 1.09. The van der Waals surface area contributed by atoms with E-state index in [1.165, 1.54) is 6.21 Å². The van der Waals surface area contributed by atoms with E-state index in [0.717, 1.165) is 17.6 Å². The summed E-state index contributed by atoms with van der Waals surface area (Å²) in [7, 11) is 0. The van der Waals surface area contributed by atoms with Gasteiger partial charge >= 0.3 is 0 Å². The second-order valence-corrected chi connectivity index (χ2v) is 1.83. The number of nitrogens with one attached hydrogen (secondary N) is 2. The Morgan fingerprint density at radius 3 is 3.10 bits per heavy atom. The molecule has 0 saturated heterocycles. The smallest absolute Gasteiger partial charge is 0.104 e. The van der Waals surface area contributed by atoms with E-state index in [0.29, 0.717) is 0 Å². The van der Waals surface area contributed by atoms with Gasteiger partial charge in [0.25, 0.3) is 0 Å². The van der Waals surface area contributed by atoms with Crippen molar-refractivity contribution in [3.63, 3.8) is 0 Å². The van der Waals surface area contributed by atoms with E-state index in [2.05, 4.69) is 15.2 Å². The van der Waals surface area contributed by atoms with Gasteiger partial charge in [0, 0.05) is 12.4 Å². The quantitative estimate of drug-likeness (QED) is 0.587. The first-order chi connectivity index (χ1) is 4.84. The number of aliphatic imine (C=N–C) groups is 1. The van der Waals surface area contributed by atoms with Gasteiger partial charge in [-0.25, -0.2) is 0 Å². The van der Waals surface area contributed by atoms with E-state index in [1.807, 2.05) is 6.92 Å². The van der Waals surface area contributed by atoms with E-state index in [4.69, 9.17) is 5.41 Å². The standard InChI is InChI=1S/C6H8N4/c1-5-6(4-9-10-5)8-3-2-7/h2-4,7H,1H3,(H,9,10). The van der Waals surface area contributed by atoms with Gasteiger partial charge in [0.05, 0.1) is 11.9 Å². The zero-order valence-corrected chi connectivity index (χ0v) is 5.63. The van der Waals surface area contributed by atoms with Gasteiger partial charge in [0.1, 0.15) is 5.69 Å². The summed E-state index contributed by atoms with van der Waals surface area (Å²) >= 11 is 0. The van der Waals surface area contributed by atoms with Gasteiger partial charge in [-0.3, -0.25) is 10.1 Å². The van der Waals surface area contributed by atoms with Crippen LogP contribution in [0.25, 0.3) is 0 Å². The van der Waals surface area contributed by atoms with Crippen molar-refractivity contribution in [2.75, 3.05) is 0 Å². The monoisotopic (exact) mass is 136 g/mol. The van der Waals surface area contributed by atoms with E-state index in [-0.39, 0.29) is 0 Å². The number of hydrogen-bond donors (Lipinski definition) is 2. The Hall–Kier alpha value is -1.45. The number of aryl methyl sites for hydroxylation is 1. The third-order valence-electron chi connectivity index (χ3n) is 1.09. The van der Waals surface area contributed by atoms with Crippen LogP contribution >= 0.6 is 0 Å². The predicted molar refractivity (Wildman–Crippen MR) is 40.3 cm³/mol. The van der Waals surface area contributed by atoms with Crippen LogP contribution in [0.1, 0.15) is 5.69 Å². The van der Waals surface area contributed by atoms with Crippen molar-refractivity contribution in [3.8, 4) is 0 Å². The summed E-state index contributed by atoms with van der Waals surface area (Å²) in [5, 5.41) is 13.2. The van der Waals surface area contributed by atoms with Crippen molar-refractivity contribution in [1.82, 2.24) is 10.2 Å². The number of nitrogens with zero attached hydrogens (tertiary/aromatic N) is 2. The van der Waals surface area contributed by atoms with Crippen LogP contribution in [0.2, 0.25) is 0 Å². The minimum absolute atomic E-state index is 0.781. The summed E-state index contributed by atoms with van der Waals surface area (Å²) in [4.78, 5) is 3.92. The normalized spacial score (nSPS) is 10.5. The van der Waals surface area contributed by atoms with Crippen molar-refractivity contribution >= 4 is 18.1 Å². The number of aromatic amines is 1. The Morgan fingerprint density at radius 1 is 1.80 bits per heavy atom. The molecule has 10 heavy (non-hydrogen) atoms. The van der Waals surface area contributed by atoms with Crippen LogP contribution in [0.15, 0.2) is 11.2 Å². The lowest BCUT2D eigenvalue weighted by Crippen LogP contribution is -1.72. The second kappa shape index (κ2) is 2.91. The summed E-state index contributed by atoms with van der Waals surface area (Å²) in [6, 6.07) is 0. The molecule has 0 aliphatic heterocycles. The number of aromatic nitrogens is 2. The van der Waals surface area contributed by atoms with Gasteiger partial charge in [0.15, 0.2) is 0 Å². The highest BCUT2D eigenvalue weighted by Crippen LogP contribution is 2.12. The van der Waals surface area contributed by atoms with Crippen molar-refractivity contribution < 1.29 is 0 Å². The molecular formula is C6H8N4. The van der Waals surface area contributed by atoms with Gasteiger partial charge in [0.2, 0.25) is 0 Å². The molecule has 0 saturated carbocycles. The second-order valence-electron chi connectivity index (χ2n) is 1.83. The molecule has 0 radical (unpaired) electrons. The molecule has 0 unspecified atom stereocenters. The molecule has 4 nitrogen and oxygen atoms in total. The van der Waals surface area contributed by atoms with Gasteiger partial charge in [-0.2, -0.15) is 5.10 Å². The lowest BCUT2D eigenvalue weighted by Gasteiger charge is -1.83. The zero-order valence-electron chi connectivity index (χ0n) is 5.63. The Labute approximate surface area is 58.5 Å². The molecule has 0 aliphatic rings. The number of rotatable bonds is 2. The van der Waals surface area contributed by atoms with Gasteiger partial charge < -0.3 is 5.41 Å². The molecule has 0 amide bonds. The topological polar surface area (TPSA) is 64.9 Å². The molecule has 0 bridgehead atoms. The maximum Gasteiger partial charge on any atom is 0.104 e. The Bertz CT molecular complexity index is 248.